The van der Waals surface area contributed by atoms with Gasteiger partial charge >= 0.3 is 0 Å². The number of hydrogen-bond acceptors (Lipinski definition) is 2. The molecule has 2 rings (SSSR count). The van der Waals surface area contributed by atoms with Crippen LogP contribution < -0.4 is 5.73 Å². The molecule has 2 N–H and O–H groups in total. The maximum absolute atomic E-state index is 6.33. The Hall–Kier alpha value is -0.440. The highest BCUT2D eigenvalue weighted by Crippen LogP contribution is 2.28. The molecule has 0 bridgehead atoms. The maximum Gasteiger partial charge on any atom is 0.0541 e. The number of rotatable bonds is 4. The van der Waals surface area contributed by atoms with Gasteiger partial charge in [-0.3, -0.25) is 0 Å². The molecule has 0 aliphatic heterocycles. The smallest absolute Gasteiger partial charge is 0.0541 e. The second kappa shape index (κ2) is 7.98. The average Bonchev–Trinajstić information content (AvgIpc) is 2.37. The Bertz CT molecular complexity index is 431. The van der Waals surface area contributed by atoms with Crippen molar-refractivity contribution in [3.05, 3.63) is 40.9 Å². The molecule has 1 aromatic carbocycles. The van der Waals surface area contributed by atoms with Gasteiger partial charge in [0.05, 0.1) is 5.02 Å². The first-order valence-electron chi connectivity index (χ1n) is 7.09. The summed E-state index contributed by atoms with van der Waals surface area (Å²) < 4.78 is 0. The third kappa shape index (κ3) is 4.87. The first-order valence-corrected chi connectivity index (χ1v) is 8.45. The lowest BCUT2D eigenvalue weighted by molar-refractivity contribution is 0.606. The Labute approximate surface area is 125 Å². The fourth-order valence-electron chi connectivity index (χ4n) is 2.40. The molecule has 0 radical (unpaired) electrons. The minimum atomic E-state index is 0.166. The lowest BCUT2D eigenvalue weighted by Gasteiger charge is -2.18. The molecule has 3 heteroatoms. The van der Waals surface area contributed by atoms with Gasteiger partial charge in [0.2, 0.25) is 0 Å². The Kier molecular flexibility index (Phi) is 6.29. The summed E-state index contributed by atoms with van der Waals surface area (Å²) in [7, 11) is 0. The van der Waals surface area contributed by atoms with Crippen molar-refractivity contribution in [2.75, 3.05) is 5.75 Å². The predicted molar refractivity (Wildman–Crippen MR) is 85.9 cm³/mol. The molecule has 0 saturated carbocycles. The van der Waals surface area contributed by atoms with Gasteiger partial charge in [0.25, 0.3) is 0 Å². The Morgan fingerprint density at radius 3 is 2.79 bits per heavy atom. The highest BCUT2D eigenvalue weighted by atomic mass is 35.5. The van der Waals surface area contributed by atoms with Crippen LogP contribution in [0.25, 0.3) is 0 Å². The van der Waals surface area contributed by atoms with Crippen LogP contribution in [0, 0.1) is 0 Å². The maximum atomic E-state index is 6.33. The third-order valence-corrected chi connectivity index (χ3v) is 5.19. The first-order chi connectivity index (χ1) is 9.27. The topological polar surface area (TPSA) is 26.0 Å². The van der Waals surface area contributed by atoms with Crippen molar-refractivity contribution in [1.82, 2.24) is 0 Å². The Balaban J connectivity index is 1.89. The monoisotopic (exact) mass is 295 g/mol. The van der Waals surface area contributed by atoms with Crippen molar-refractivity contribution in [2.24, 2.45) is 5.73 Å². The molecule has 0 saturated heterocycles. The van der Waals surface area contributed by atoms with E-state index in [1.54, 1.807) is 11.8 Å². The van der Waals surface area contributed by atoms with E-state index in [9.17, 15) is 0 Å². The van der Waals surface area contributed by atoms with Gasteiger partial charge in [-0.05, 0) is 37.8 Å². The minimum Gasteiger partial charge on any atom is -0.324 e. The van der Waals surface area contributed by atoms with Gasteiger partial charge in [-0.25, -0.2) is 0 Å². The van der Waals surface area contributed by atoms with E-state index in [1.807, 2.05) is 18.2 Å². The van der Waals surface area contributed by atoms with E-state index in [2.05, 4.69) is 12.1 Å². The number of thioether (sulfide) groups is 1. The summed E-state index contributed by atoms with van der Waals surface area (Å²) in [5.74, 6) is 0.912. The molecule has 1 aromatic rings. The van der Waals surface area contributed by atoms with Crippen LogP contribution in [0.3, 0.4) is 0 Å². The molecule has 0 spiro atoms. The van der Waals surface area contributed by atoms with Gasteiger partial charge in [-0.15, -0.1) is 11.8 Å². The lowest BCUT2D eigenvalue weighted by atomic mass is 9.96. The predicted octanol–water partition coefficient (Wildman–Crippen LogP) is 5.04. The quantitative estimate of drug-likeness (QED) is 0.622. The normalized spacial score (nSPS) is 21.1. The summed E-state index contributed by atoms with van der Waals surface area (Å²) in [6, 6.07) is 8.15. The molecule has 1 atom stereocenters. The highest BCUT2D eigenvalue weighted by Gasteiger charge is 2.12. The molecule has 1 nitrogen and oxygen atoms in total. The van der Waals surface area contributed by atoms with Crippen LogP contribution in [0.1, 0.15) is 38.5 Å². The van der Waals surface area contributed by atoms with E-state index >= 15 is 0 Å². The van der Waals surface area contributed by atoms with Crippen molar-refractivity contribution in [3.8, 4) is 0 Å². The van der Waals surface area contributed by atoms with Gasteiger partial charge in [0.1, 0.15) is 0 Å². The number of allylic oxidation sites excluding steroid dienone is 1. The van der Waals surface area contributed by atoms with Crippen LogP contribution in [-0.4, -0.2) is 11.8 Å². The summed E-state index contributed by atoms with van der Waals surface area (Å²) >= 11 is 7.93. The molecule has 104 valence electrons. The van der Waals surface area contributed by atoms with Crippen LogP contribution in [-0.2, 0) is 0 Å². The minimum absolute atomic E-state index is 0.166. The number of benzene rings is 1. The number of halogens is 1. The van der Waals surface area contributed by atoms with Gasteiger partial charge in [0.15, 0.2) is 0 Å². The van der Waals surface area contributed by atoms with Crippen molar-refractivity contribution in [3.63, 3.8) is 0 Å². The van der Waals surface area contributed by atoms with Crippen LogP contribution in [0.5, 0.6) is 0 Å². The zero-order valence-electron chi connectivity index (χ0n) is 11.3. The molecule has 0 fully saturated rings. The molecule has 19 heavy (non-hydrogen) atoms. The van der Waals surface area contributed by atoms with Gasteiger partial charge in [-0.1, -0.05) is 48.2 Å². The fraction of sp³-hybridized carbons (Fsp3) is 0.500. The lowest BCUT2D eigenvalue weighted by Crippen LogP contribution is -2.26. The molecule has 1 unspecified atom stereocenters. The molecule has 0 aromatic heterocycles. The fourth-order valence-corrected chi connectivity index (χ4v) is 3.66. The van der Waals surface area contributed by atoms with Crippen LogP contribution in [0.4, 0.5) is 0 Å². The largest absolute Gasteiger partial charge is 0.324 e. The standard InChI is InChI=1S/C16H22ClNS/c17-14-10-6-7-11-16(14)19-12-15(18)13-8-4-2-1-3-5-9-13/h6-8,10-11,15H,1-5,9,12,18H2/b13-8+. The summed E-state index contributed by atoms with van der Waals surface area (Å²) in [4.78, 5) is 1.13. The summed E-state index contributed by atoms with van der Waals surface area (Å²) in [5, 5.41) is 0.825. The van der Waals surface area contributed by atoms with E-state index in [-0.39, 0.29) is 6.04 Å². The molecule has 0 heterocycles. The average molecular weight is 296 g/mol. The van der Waals surface area contributed by atoms with E-state index in [4.69, 9.17) is 17.3 Å². The first kappa shape index (κ1) is 15.0. The molecule has 1 aliphatic carbocycles. The van der Waals surface area contributed by atoms with E-state index < -0.39 is 0 Å². The van der Waals surface area contributed by atoms with E-state index in [0.29, 0.717) is 0 Å². The van der Waals surface area contributed by atoms with Crippen molar-refractivity contribution in [2.45, 2.75) is 49.5 Å². The number of nitrogens with two attached hydrogens (primary N) is 1. The zero-order chi connectivity index (χ0) is 13.5. The second-order valence-electron chi connectivity index (χ2n) is 5.08. The van der Waals surface area contributed by atoms with E-state index in [1.165, 1.54) is 44.1 Å². The number of hydrogen-bond donors (Lipinski definition) is 1. The van der Waals surface area contributed by atoms with Crippen LogP contribution in [0.15, 0.2) is 40.8 Å². The molecule has 0 amide bonds. The Morgan fingerprint density at radius 2 is 1.95 bits per heavy atom. The van der Waals surface area contributed by atoms with Crippen LogP contribution in [0.2, 0.25) is 5.02 Å². The Morgan fingerprint density at radius 1 is 1.16 bits per heavy atom. The molecular weight excluding hydrogens is 274 g/mol. The highest BCUT2D eigenvalue weighted by molar-refractivity contribution is 7.99. The van der Waals surface area contributed by atoms with Gasteiger partial charge in [-0.2, -0.15) is 0 Å². The SMILES string of the molecule is NC(CSc1ccccc1Cl)/C1=C/CCCCCC1. The zero-order valence-corrected chi connectivity index (χ0v) is 12.8. The summed E-state index contributed by atoms with van der Waals surface area (Å²) in [5.41, 5.74) is 7.78. The summed E-state index contributed by atoms with van der Waals surface area (Å²) in [6.45, 7) is 0. The molecule has 1 aliphatic rings. The van der Waals surface area contributed by atoms with E-state index in [0.717, 1.165) is 15.7 Å². The van der Waals surface area contributed by atoms with Crippen molar-refractivity contribution < 1.29 is 0 Å². The van der Waals surface area contributed by atoms with Gasteiger partial charge < -0.3 is 5.73 Å². The van der Waals surface area contributed by atoms with Crippen molar-refractivity contribution >= 4 is 23.4 Å². The third-order valence-electron chi connectivity index (χ3n) is 3.56. The second-order valence-corrected chi connectivity index (χ2v) is 6.55. The van der Waals surface area contributed by atoms with Gasteiger partial charge in [0, 0.05) is 16.7 Å². The summed E-state index contributed by atoms with van der Waals surface area (Å²) in [6.07, 6.45) is 10.1. The van der Waals surface area contributed by atoms with Crippen molar-refractivity contribution in [1.29, 1.82) is 0 Å². The molecular formula is C16H22ClNS. The van der Waals surface area contributed by atoms with Crippen LogP contribution >= 0.6 is 23.4 Å².